The minimum Gasteiger partial charge on any atom is -0.497 e. The largest absolute Gasteiger partial charge is 0.497 e. The number of anilines is 1. The summed E-state index contributed by atoms with van der Waals surface area (Å²) in [7, 11) is 1.53. The first kappa shape index (κ1) is 31.1. The summed E-state index contributed by atoms with van der Waals surface area (Å²) in [5.41, 5.74) is 6.36. The Kier molecular flexibility index (Phi) is 11.3. The van der Waals surface area contributed by atoms with Gasteiger partial charge in [-0.1, -0.05) is 29.8 Å². The first-order valence-electron chi connectivity index (χ1n) is 12.5. The molecule has 0 bridgehead atoms. The SMILES string of the molecule is COc1ccc(NC(=O)C(c2ccc(C)cc2)N(CCO)C(=O)C(CCC(N)=O)NC(=O)OC(C)(C)C)cc1. The third-order valence-electron chi connectivity index (χ3n) is 5.60. The zero-order chi connectivity index (χ0) is 29.2. The lowest BCUT2D eigenvalue weighted by molar-refractivity contribution is -0.141. The number of carbonyl (C=O) groups excluding carboxylic acids is 4. The molecule has 0 radical (unpaired) electrons. The highest BCUT2D eigenvalue weighted by molar-refractivity contribution is 5.99. The van der Waals surface area contributed by atoms with E-state index >= 15 is 0 Å². The summed E-state index contributed by atoms with van der Waals surface area (Å²) in [6.45, 7) is 6.21. The van der Waals surface area contributed by atoms with Crippen LogP contribution in [0.5, 0.6) is 5.75 Å². The van der Waals surface area contributed by atoms with E-state index in [1.807, 2.05) is 6.92 Å². The van der Waals surface area contributed by atoms with Crippen LogP contribution in [0, 0.1) is 6.92 Å². The molecular weight excluding hydrogens is 504 g/mol. The van der Waals surface area contributed by atoms with Gasteiger partial charge in [-0.15, -0.1) is 0 Å². The monoisotopic (exact) mass is 542 g/mol. The van der Waals surface area contributed by atoms with Gasteiger partial charge < -0.3 is 35.8 Å². The van der Waals surface area contributed by atoms with E-state index in [4.69, 9.17) is 15.2 Å². The fourth-order valence-electron chi connectivity index (χ4n) is 3.77. The molecule has 0 heterocycles. The number of ether oxygens (including phenoxy) is 2. The van der Waals surface area contributed by atoms with Crippen molar-refractivity contribution in [3.05, 3.63) is 59.7 Å². The molecule has 2 aromatic carbocycles. The van der Waals surface area contributed by atoms with Crippen LogP contribution in [-0.2, 0) is 19.1 Å². The predicted molar refractivity (Wildman–Crippen MR) is 146 cm³/mol. The van der Waals surface area contributed by atoms with Crippen LogP contribution in [0.25, 0.3) is 0 Å². The van der Waals surface area contributed by atoms with Crippen LogP contribution in [0.15, 0.2) is 48.5 Å². The van der Waals surface area contributed by atoms with Gasteiger partial charge in [-0.05, 0) is 63.9 Å². The van der Waals surface area contributed by atoms with Crippen LogP contribution >= 0.6 is 0 Å². The lowest BCUT2D eigenvalue weighted by Gasteiger charge is -2.34. The summed E-state index contributed by atoms with van der Waals surface area (Å²) in [5.74, 6) is -1.30. The second kappa shape index (κ2) is 14.1. The molecule has 2 atom stereocenters. The molecule has 212 valence electrons. The van der Waals surface area contributed by atoms with E-state index in [2.05, 4.69) is 10.6 Å². The molecule has 11 nitrogen and oxygen atoms in total. The van der Waals surface area contributed by atoms with Gasteiger partial charge in [0.25, 0.3) is 5.91 Å². The molecule has 0 aliphatic heterocycles. The van der Waals surface area contributed by atoms with Crippen molar-refractivity contribution in [1.29, 1.82) is 0 Å². The number of rotatable bonds is 12. The quantitative estimate of drug-likeness (QED) is 0.321. The average Bonchev–Trinajstić information content (AvgIpc) is 2.86. The molecule has 0 saturated heterocycles. The number of methoxy groups -OCH3 is 1. The Hall–Kier alpha value is -4.12. The van der Waals surface area contributed by atoms with Gasteiger partial charge >= 0.3 is 6.09 Å². The number of aliphatic hydroxyl groups is 1. The van der Waals surface area contributed by atoms with Crippen molar-refractivity contribution in [2.24, 2.45) is 5.73 Å². The Labute approximate surface area is 228 Å². The van der Waals surface area contributed by atoms with Crippen LogP contribution < -0.4 is 21.1 Å². The topological polar surface area (TPSA) is 160 Å². The fraction of sp³-hybridized carbons (Fsp3) is 0.429. The van der Waals surface area contributed by atoms with Crippen molar-refractivity contribution in [3.63, 3.8) is 0 Å². The summed E-state index contributed by atoms with van der Waals surface area (Å²) >= 11 is 0. The predicted octanol–water partition coefficient (Wildman–Crippen LogP) is 2.66. The molecule has 0 spiro atoms. The van der Waals surface area contributed by atoms with Gasteiger partial charge in [0.05, 0.1) is 13.7 Å². The fourth-order valence-corrected chi connectivity index (χ4v) is 3.77. The molecule has 0 aliphatic rings. The Morgan fingerprint density at radius 1 is 1.03 bits per heavy atom. The number of aryl methyl sites for hydroxylation is 1. The highest BCUT2D eigenvalue weighted by Gasteiger charge is 2.36. The first-order valence-corrected chi connectivity index (χ1v) is 12.5. The number of nitrogens with one attached hydrogen (secondary N) is 2. The van der Waals surface area contributed by atoms with Gasteiger partial charge in [-0.3, -0.25) is 14.4 Å². The number of aliphatic hydroxyl groups excluding tert-OH is 1. The molecule has 11 heteroatoms. The minimum absolute atomic E-state index is 0.129. The zero-order valence-electron chi connectivity index (χ0n) is 23.0. The van der Waals surface area contributed by atoms with Gasteiger partial charge in [0.1, 0.15) is 23.4 Å². The van der Waals surface area contributed by atoms with Crippen molar-refractivity contribution in [1.82, 2.24) is 10.2 Å². The molecular formula is C28H38N4O7. The molecule has 5 N–H and O–H groups in total. The summed E-state index contributed by atoms with van der Waals surface area (Å²) in [4.78, 5) is 52.8. The van der Waals surface area contributed by atoms with Gasteiger partial charge in [0.2, 0.25) is 11.8 Å². The highest BCUT2D eigenvalue weighted by atomic mass is 16.6. The van der Waals surface area contributed by atoms with Crippen LogP contribution in [-0.4, -0.2) is 65.7 Å². The number of alkyl carbamates (subject to hydrolysis) is 1. The van der Waals surface area contributed by atoms with Crippen molar-refractivity contribution in [3.8, 4) is 5.75 Å². The highest BCUT2D eigenvalue weighted by Crippen LogP contribution is 2.26. The van der Waals surface area contributed by atoms with Crippen LogP contribution in [0.2, 0.25) is 0 Å². The molecule has 2 unspecified atom stereocenters. The Morgan fingerprint density at radius 3 is 2.15 bits per heavy atom. The number of nitrogens with zero attached hydrogens (tertiary/aromatic N) is 1. The van der Waals surface area contributed by atoms with E-state index in [9.17, 15) is 24.3 Å². The number of benzene rings is 2. The number of carbonyl (C=O) groups is 4. The van der Waals surface area contributed by atoms with Crippen molar-refractivity contribution in [2.75, 3.05) is 25.6 Å². The van der Waals surface area contributed by atoms with E-state index in [1.165, 1.54) is 12.0 Å². The summed E-state index contributed by atoms with van der Waals surface area (Å²) < 4.78 is 10.5. The number of hydrogen-bond acceptors (Lipinski definition) is 7. The molecule has 0 aliphatic carbocycles. The molecule has 0 fully saturated rings. The van der Waals surface area contributed by atoms with E-state index in [1.54, 1.807) is 69.3 Å². The third kappa shape index (κ3) is 9.93. The summed E-state index contributed by atoms with van der Waals surface area (Å²) in [6.07, 6.45) is -1.20. The van der Waals surface area contributed by atoms with Crippen LogP contribution in [0.3, 0.4) is 0 Å². The molecule has 0 aromatic heterocycles. The van der Waals surface area contributed by atoms with E-state index in [0.29, 0.717) is 17.0 Å². The molecule has 2 aromatic rings. The van der Waals surface area contributed by atoms with E-state index < -0.39 is 48.1 Å². The lowest BCUT2D eigenvalue weighted by Crippen LogP contribution is -2.53. The smallest absolute Gasteiger partial charge is 0.408 e. The maximum atomic E-state index is 13.9. The molecule has 2 rings (SSSR count). The normalized spacial score (nSPS) is 12.6. The maximum Gasteiger partial charge on any atom is 0.408 e. The minimum atomic E-state index is -1.25. The molecule has 4 amide bonds. The number of primary amides is 1. The summed E-state index contributed by atoms with van der Waals surface area (Å²) in [5, 5.41) is 15.2. The van der Waals surface area contributed by atoms with Crippen molar-refractivity contribution < 1.29 is 33.8 Å². The van der Waals surface area contributed by atoms with Gasteiger partial charge in [0.15, 0.2) is 0 Å². The van der Waals surface area contributed by atoms with E-state index in [-0.39, 0.29) is 19.4 Å². The Morgan fingerprint density at radius 2 is 1.64 bits per heavy atom. The average molecular weight is 543 g/mol. The Bertz CT molecular complexity index is 1130. The number of amides is 4. The van der Waals surface area contributed by atoms with Gasteiger partial charge in [-0.25, -0.2) is 4.79 Å². The van der Waals surface area contributed by atoms with E-state index in [0.717, 1.165) is 5.56 Å². The maximum absolute atomic E-state index is 13.9. The van der Waals surface area contributed by atoms with Crippen molar-refractivity contribution >= 4 is 29.5 Å². The molecule has 0 saturated carbocycles. The standard InChI is InChI=1S/C28H38N4O7/c1-18-6-8-19(9-7-18)24(25(35)30-20-10-12-21(38-5)13-11-20)32(16-17-33)26(36)22(14-15-23(29)34)31-27(37)39-28(2,3)4/h6-13,22,24,33H,14-17H2,1-5H3,(H2,29,34)(H,30,35)(H,31,37). The van der Waals surface area contributed by atoms with Crippen molar-refractivity contribution in [2.45, 2.75) is 58.2 Å². The van der Waals surface area contributed by atoms with Crippen LogP contribution in [0.4, 0.5) is 10.5 Å². The first-order chi connectivity index (χ1) is 18.3. The Balaban J connectivity index is 2.47. The third-order valence-corrected chi connectivity index (χ3v) is 5.60. The van der Waals surface area contributed by atoms with Gasteiger partial charge in [-0.2, -0.15) is 0 Å². The van der Waals surface area contributed by atoms with Crippen LogP contribution in [0.1, 0.15) is 50.8 Å². The summed E-state index contributed by atoms with van der Waals surface area (Å²) in [6, 6.07) is 11.3. The second-order valence-corrected chi connectivity index (χ2v) is 9.99. The molecule has 39 heavy (non-hydrogen) atoms. The number of nitrogens with two attached hydrogens (primary N) is 1. The van der Waals surface area contributed by atoms with Gasteiger partial charge in [0, 0.05) is 18.7 Å². The number of hydrogen-bond donors (Lipinski definition) is 4. The second-order valence-electron chi connectivity index (χ2n) is 9.99. The lowest BCUT2D eigenvalue weighted by atomic mass is 10.0. The zero-order valence-corrected chi connectivity index (χ0v) is 23.0.